The molecule has 0 amide bonds. The summed E-state index contributed by atoms with van der Waals surface area (Å²) in [6, 6.07) is 10.2. The topological polar surface area (TPSA) is 55.2 Å². The zero-order valence-corrected chi connectivity index (χ0v) is 14.9. The largest absolute Gasteiger partial charge is 0.303 e. The van der Waals surface area contributed by atoms with Crippen LogP contribution in [-0.4, -0.2) is 35.4 Å². The number of fused-ring (bicyclic) bond motifs is 6. The first kappa shape index (κ1) is 16.6. The van der Waals surface area contributed by atoms with E-state index >= 15 is 0 Å². The van der Waals surface area contributed by atoms with Crippen molar-refractivity contribution in [1.29, 1.82) is 0 Å². The molecule has 3 aromatic rings. The Balaban J connectivity index is 1.58. The number of imidazole rings is 1. The van der Waals surface area contributed by atoms with Gasteiger partial charge in [-0.25, -0.2) is 22.2 Å². The number of nitrogens with zero attached hydrogens (tertiary/aromatic N) is 3. The number of sulfonamides is 1. The minimum absolute atomic E-state index is 0.0516. The predicted octanol–water partition coefficient (Wildman–Crippen LogP) is 3.04. The lowest BCUT2D eigenvalue weighted by Gasteiger charge is -2.28. The van der Waals surface area contributed by atoms with Gasteiger partial charge in [-0.15, -0.1) is 0 Å². The maximum absolute atomic E-state index is 13.6. The summed E-state index contributed by atoms with van der Waals surface area (Å²) < 4.78 is 56.4. The Morgan fingerprint density at radius 2 is 1.70 bits per heavy atom. The first-order chi connectivity index (χ1) is 12.9. The molecule has 0 saturated carbocycles. The second-order valence-electron chi connectivity index (χ2n) is 6.85. The van der Waals surface area contributed by atoms with Crippen LogP contribution in [-0.2, 0) is 10.0 Å². The van der Waals surface area contributed by atoms with E-state index in [-0.39, 0.29) is 29.8 Å². The van der Waals surface area contributed by atoms with Crippen LogP contribution >= 0.6 is 0 Å². The molecular weight excluding hydrogens is 372 g/mol. The van der Waals surface area contributed by atoms with Crippen molar-refractivity contribution in [3.05, 3.63) is 77.9 Å². The van der Waals surface area contributed by atoms with E-state index in [1.54, 1.807) is 6.20 Å². The van der Waals surface area contributed by atoms with Gasteiger partial charge in [-0.1, -0.05) is 18.2 Å². The van der Waals surface area contributed by atoms with Crippen molar-refractivity contribution in [2.75, 3.05) is 13.1 Å². The van der Waals surface area contributed by atoms with Crippen molar-refractivity contribution in [3.8, 4) is 5.69 Å². The van der Waals surface area contributed by atoms with Gasteiger partial charge in [0.25, 0.3) is 0 Å². The Bertz CT molecular complexity index is 1140. The Hall–Kier alpha value is -2.58. The van der Waals surface area contributed by atoms with E-state index in [9.17, 15) is 17.2 Å². The number of hydrogen-bond acceptors (Lipinski definition) is 3. The average Bonchev–Trinajstić information content (AvgIpc) is 3.28. The van der Waals surface area contributed by atoms with Crippen LogP contribution in [0.5, 0.6) is 0 Å². The van der Waals surface area contributed by atoms with E-state index in [0.29, 0.717) is 6.07 Å². The van der Waals surface area contributed by atoms with Gasteiger partial charge in [0.2, 0.25) is 10.0 Å². The highest BCUT2D eigenvalue weighted by Gasteiger charge is 2.45. The monoisotopic (exact) mass is 387 g/mol. The van der Waals surface area contributed by atoms with Gasteiger partial charge >= 0.3 is 0 Å². The highest BCUT2D eigenvalue weighted by Crippen LogP contribution is 2.46. The molecule has 1 aromatic heterocycles. The lowest BCUT2D eigenvalue weighted by molar-refractivity contribution is 0.467. The summed E-state index contributed by atoms with van der Waals surface area (Å²) in [5.74, 6) is -1.17. The maximum Gasteiger partial charge on any atom is 0.243 e. The van der Waals surface area contributed by atoms with Crippen LogP contribution in [0.25, 0.3) is 5.69 Å². The fourth-order valence-electron chi connectivity index (χ4n) is 4.18. The molecule has 0 unspecified atom stereocenters. The molecular formula is C19H15F2N3O2S. The number of aromatic nitrogens is 2. The average molecular weight is 387 g/mol. The molecule has 2 aliphatic rings. The van der Waals surface area contributed by atoms with Crippen LogP contribution in [0.15, 0.2) is 59.8 Å². The zero-order valence-electron chi connectivity index (χ0n) is 14.1. The zero-order chi connectivity index (χ0) is 18.8. The highest BCUT2D eigenvalue weighted by molar-refractivity contribution is 7.89. The summed E-state index contributed by atoms with van der Waals surface area (Å²) in [5.41, 5.74) is 2.04. The van der Waals surface area contributed by atoms with Crippen molar-refractivity contribution >= 4 is 10.0 Å². The van der Waals surface area contributed by atoms with E-state index < -0.39 is 21.7 Å². The summed E-state index contributed by atoms with van der Waals surface area (Å²) >= 11 is 0. The molecule has 2 aromatic carbocycles. The number of rotatable bonds is 2. The molecule has 138 valence electrons. The van der Waals surface area contributed by atoms with Crippen molar-refractivity contribution < 1.29 is 17.2 Å². The maximum atomic E-state index is 13.6. The molecule has 0 N–H and O–H groups in total. The van der Waals surface area contributed by atoms with Crippen LogP contribution in [0.2, 0.25) is 0 Å². The highest BCUT2D eigenvalue weighted by atomic mass is 32.2. The molecule has 1 fully saturated rings. The quantitative estimate of drug-likeness (QED) is 0.679. The minimum Gasteiger partial charge on any atom is -0.303 e. The second-order valence-corrected chi connectivity index (χ2v) is 8.79. The number of hydrogen-bond donors (Lipinski definition) is 0. The van der Waals surface area contributed by atoms with Crippen molar-refractivity contribution in [1.82, 2.24) is 13.9 Å². The smallest absolute Gasteiger partial charge is 0.243 e. The summed E-state index contributed by atoms with van der Waals surface area (Å²) in [6.07, 6.45) is 3.57. The van der Waals surface area contributed by atoms with Crippen molar-refractivity contribution in [2.24, 2.45) is 0 Å². The predicted molar refractivity (Wildman–Crippen MR) is 94.2 cm³/mol. The Morgan fingerprint density at radius 3 is 2.48 bits per heavy atom. The summed E-state index contributed by atoms with van der Waals surface area (Å²) in [7, 11) is -4.01. The molecule has 5 rings (SSSR count). The van der Waals surface area contributed by atoms with Crippen molar-refractivity contribution in [3.63, 3.8) is 0 Å². The first-order valence-corrected chi connectivity index (χ1v) is 9.98. The van der Waals surface area contributed by atoms with Gasteiger partial charge in [-0.2, -0.15) is 4.31 Å². The number of para-hydroxylation sites is 1. The van der Waals surface area contributed by atoms with Gasteiger partial charge in [0.05, 0.1) is 10.6 Å². The molecule has 0 aliphatic carbocycles. The number of halogens is 2. The van der Waals surface area contributed by atoms with Gasteiger partial charge in [-0.3, -0.25) is 0 Å². The fraction of sp³-hybridized carbons (Fsp3) is 0.211. The molecule has 5 nitrogen and oxygen atoms in total. The fourth-order valence-corrected chi connectivity index (χ4v) is 5.72. The molecule has 1 saturated heterocycles. The van der Waals surface area contributed by atoms with E-state index in [4.69, 9.17) is 0 Å². The molecule has 8 heteroatoms. The molecule has 2 aliphatic heterocycles. The third-order valence-corrected chi connectivity index (χ3v) is 7.17. The first-order valence-electron chi connectivity index (χ1n) is 8.54. The Labute approximate surface area is 154 Å². The number of benzene rings is 2. The van der Waals surface area contributed by atoms with Crippen molar-refractivity contribution in [2.45, 2.75) is 16.7 Å². The van der Waals surface area contributed by atoms with Gasteiger partial charge in [0.1, 0.15) is 17.5 Å². The molecule has 0 radical (unpaired) electrons. The molecule has 2 atom stereocenters. The molecule has 0 spiro atoms. The normalized spacial score (nSPS) is 21.6. The standard InChI is InChI=1S/C19H15F2N3O2S/c20-12-7-13(21)9-14(8-12)27(25,26)23-10-16-15-3-1-2-4-18(15)24-6-5-22-19(24)17(16)11-23/h1-9,16-17H,10-11H2/t16-,17-/m0/s1. The van der Waals surface area contributed by atoms with Crippen LogP contribution in [0.3, 0.4) is 0 Å². The van der Waals surface area contributed by atoms with Crippen LogP contribution in [0, 0.1) is 11.6 Å². The van der Waals surface area contributed by atoms with Crippen LogP contribution in [0.4, 0.5) is 8.78 Å². The van der Waals surface area contributed by atoms with Gasteiger partial charge < -0.3 is 4.57 Å². The molecule has 3 heterocycles. The lowest BCUT2D eigenvalue weighted by atomic mass is 9.84. The van der Waals surface area contributed by atoms with Crippen LogP contribution < -0.4 is 0 Å². The minimum atomic E-state index is -4.01. The second kappa shape index (κ2) is 5.71. The molecule has 0 bridgehead atoms. The van der Waals surface area contributed by atoms with Gasteiger partial charge in [-0.05, 0) is 23.8 Å². The summed E-state index contributed by atoms with van der Waals surface area (Å²) in [5, 5.41) is 0. The lowest BCUT2D eigenvalue weighted by Crippen LogP contribution is -2.29. The van der Waals surface area contributed by atoms with Gasteiger partial charge in [0.15, 0.2) is 0 Å². The molecule has 27 heavy (non-hydrogen) atoms. The SMILES string of the molecule is O=S(=O)(c1cc(F)cc(F)c1)N1C[C@@H]2c3nccn3-c3ccccc3[C@@H]2C1. The van der Waals surface area contributed by atoms with E-state index in [1.165, 1.54) is 4.31 Å². The van der Waals surface area contributed by atoms with Crippen LogP contribution in [0.1, 0.15) is 23.2 Å². The summed E-state index contributed by atoms with van der Waals surface area (Å²) in [6.45, 7) is 0.464. The Kier molecular flexibility index (Phi) is 3.50. The third-order valence-electron chi connectivity index (χ3n) is 5.36. The van der Waals surface area contributed by atoms with E-state index in [0.717, 1.165) is 29.2 Å². The third kappa shape index (κ3) is 2.44. The van der Waals surface area contributed by atoms with Gasteiger partial charge in [0, 0.05) is 43.4 Å². The van der Waals surface area contributed by atoms with E-state index in [2.05, 4.69) is 4.98 Å². The van der Waals surface area contributed by atoms with E-state index in [1.807, 2.05) is 35.0 Å². The summed E-state index contributed by atoms with van der Waals surface area (Å²) in [4.78, 5) is 4.07. The Morgan fingerprint density at radius 1 is 1.00 bits per heavy atom.